The molecule has 0 aliphatic carbocycles. The molecule has 0 saturated heterocycles. The maximum Gasteiger partial charge on any atom is 0.109 e. The quantitative estimate of drug-likeness (QED) is 0.496. The molecule has 0 radical (unpaired) electrons. The Morgan fingerprint density at radius 2 is 1.58 bits per heavy atom. The summed E-state index contributed by atoms with van der Waals surface area (Å²) in [5, 5.41) is 0. The fraction of sp³-hybridized carbons (Fsp3) is 0.667. The van der Waals surface area contributed by atoms with E-state index in [4.69, 9.17) is 10.7 Å². The van der Waals surface area contributed by atoms with Gasteiger partial charge in [0.15, 0.2) is 0 Å². The monoisotopic (exact) mass is 329 g/mol. The van der Waals surface area contributed by atoms with Crippen LogP contribution in [0, 0.1) is 0 Å². The molecule has 0 spiro atoms. The third-order valence-electron chi connectivity index (χ3n) is 4.82. The lowest BCUT2D eigenvalue weighted by molar-refractivity contribution is 0.541. The van der Waals surface area contributed by atoms with E-state index >= 15 is 0 Å². The third kappa shape index (κ3) is 5.94. The highest BCUT2D eigenvalue weighted by atomic mass is 15.1. The van der Waals surface area contributed by atoms with Gasteiger partial charge in [0, 0.05) is 13.0 Å². The van der Waals surface area contributed by atoms with Crippen molar-refractivity contribution in [2.75, 3.05) is 6.54 Å². The number of benzene rings is 1. The Morgan fingerprint density at radius 1 is 0.875 bits per heavy atom. The average molecular weight is 330 g/mol. The maximum atomic E-state index is 5.60. The van der Waals surface area contributed by atoms with Crippen molar-refractivity contribution >= 4 is 11.0 Å². The topological polar surface area (TPSA) is 43.8 Å². The average Bonchev–Trinajstić information content (AvgIpc) is 2.96. The van der Waals surface area contributed by atoms with Crippen molar-refractivity contribution in [1.29, 1.82) is 0 Å². The van der Waals surface area contributed by atoms with Crippen molar-refractivity contribution in [2.24, 2.45) is 5.73 Å². The lowest BCUT2D eigenvalue weighted by Gasteiger charge is -2.09. The van der Waals surface area contributed by atoms with Crippen molar-refractivity contribution in [1.82, 2.24) is 9.55 Å². The number of unbranched alkanes of at least 4 members (excludes halogenated alkanes) is 8. The molecule has 3 heteroatoms. The SMILES string of the molecule is CCCCCCCCCn1c(CCCCCN)nc2ccccc21. The molecule has 134 valence electrons. The Kier molecular flexibility index (Phi) is 8.90. The summed E-state index contributed by atoms with van der Waals surface area (Å²) in [4.78, 5) is 4.88. The van der Waals surface area contributed by atoms with Gasteiger partial charge in [0.1, 0.15) is 5.82 Å². The molecule has 2 aromatic rings. The number of imidazole rings is 1. The smallest absolute Gasteiger partial charge is 0.109 e. The normalized spacial score (nSPS) is 11.4. The van der Waals surface area contributed by atoms with Gasteiger partial charge in [0.25, 0.3) is 0 Å². The van der Waals surface area contributed by atoms with Gasteiger partial charge in [0.05, 0.1) is 11.0 Å². The number of rotatable bonds is 13. The fourth-order valence-corrected chi connectivity index (χ4v) is 3.40. The van der Waals surface area contributed by atoms with Gasteiger partial charge in [-0.1, -0.05) is 64.0 Å². The predicted molar refractivity (Wildman–Crippen MR) is 104 cm³/mol. The first-order valence-corrected chi connectivity index (χ1v) is 10.0. The summed E-state index contributed by atoms with van der Waals surface area (Å²) in [6.07, 6.45) is 14.1. The number of hydrogen-bond acceptors (Lipinski definition) is 2. The Bertz CT molecular complexity index is 573. The second-order valence-electron chi connectivity index (χ2n) is 6.89. The van der Waals surface area contributed by atoms with Crippen molar-refractivity contribution < 1.29 is 0 Å². The number of fused-ring (bicyclic) bond motifs is 1. The zero-order valence-electron chi connectivity index (χ0n) is 15.5. The van der Waals surface area contributed by atoms with Gasteiger partial charge in [-0.15, -0.1) is 0 Å². The Hall–Kier alpha value is -1.35. The molecule has 0 atom stereocenters. The molecule has 0 unspecified atom stereocenters. The van der Waals surface area contributed by atoms with E-state index in [-0.39, 0.29) is 0 Å². The maximum absolute atomic E-state index is 5.60. The highest BCUT2D eigenvalue weighted by Gasteiger charge is 2.09. The van der Waals surface area contributed by atoms with Crippen LogP contribution in [0.3, 0.4) is 0 Å². The minimum Gasteiger partial charge on any atom is -0.330 e. The molecular weight excluding hydrogens is 294 g/mol. The molecule has 0 bridgehead atoms. The second kappa shape index (κ2) is 11.2. The molecule has 1 aromatic carbocycles. The van der Waals surface area contributed by atoms with Crippen LogP contribution in [-0.4, -0.2) is 16.1 Å². The van der Waals surface area contributed by atoms with Crippen LogP contribution in [0.2, 0.25) is 0 Å². The summed E-state index contributed by atoms with van der Waals surface area (Å²) in [5.74, 6) is 1.26. The van der Waals surface area contributed by atoms with E-state index in [0.717, 1.165) is 31.4 Å². The molecule has 1 heterocycles. The van der Waals surface area contributed by atoms with Gasteiger partial charge in [-0.2, -0.15) is 0 Å². The van der Waals surface area contributed by atoms with Gasteiger partial charge < -0.3 is 10.3 Å². The van der Waals surface area contributed by atoms with Crippen LogP contribution in [0.5, 0.6) is 0 Å². The van der Waals surface area contributed by atoms with E-state index in [2.05, 4.69) is 35.8 Å². The van der Waals surface area contributed by atoms with Gasteiger partial charge >= 0.3 is 0 Å². The molecule has 0 aliphatic heterocycles. The van der Waals surface area contributed by atoms with E-state index in [1.54, 1.807) is 0 Å². The van der Waals surface area contributed by atoms with E-state index < -0.39 is 0 Å². The number of aromatic nitrogens is 2. The van der Waals surface area contributed by atoms with Gasteiger partial charge in [-0.05, 0) is 37.9 Å². The van der Waals surface area contributed by atoms with Crippen LogP contribution < -0.4 is 5.73 Å². The highest BCUT2D eigenvalue weighted by Crippen LogP contribution is 2.19. The van der Waals surface area contributed by atoms with Crippen molar-refractivity contribution in [3.05, 3.63) is 30.1 Å². The van der Waals surface area contributed by atoms with Crippen LogP contribution in [0.4, 0.5) is 0 Å². The number of para-hydroxylation sites is 2. The molecule has 1 aromatic heterocycles. The zero-order chi connectivity index (χ0) is 17.0. The first kappa shape index (κ1) is 19.0. The first-order valence-electron chi connectivity index (χ1n) is 10.0. The molecule has 0 saturated carbocycles. The Morgan fingerprint density at radius 3 is 2.38 bits per heavy atom. The lowest BCUT2D eigenvalue weighted by atomic mass is 10.1. The van der Waals surface area contributed by atoms with Crippen molar-refractivity contribution in [3.63, 3.8) is 0 Å². The molecule has 2 N–H and O–H groups in total. The largest absolute Gasteiger partial charge is 0.330 e. The second-order valence-corrected chi connectivity index (χ2v) is 6.89. The van der Waals surface area contributed by atoms with Gasteiger partial charge in [-0.3, -0.25) is 0 Å². The molecule has 0 fully saturated rings. The van der Waals surface area contributed by atoms with Crippen molar-refractivity contribution in [2.45, 2.75) is 84.1 Å². The molecule has 0 aliphatic rings. The summed E-state index contributed by atoms with van der Waals surface area (Å²) in [7, 11) is 0. The van der Waals surface area contributed by atoms with Gasteiger partial charge in [-0.25, -0.2) is 4.98 Å². The number of aryl methyl sites for hydroxylation is 2. The Labute approximate surface area is 147 Å². The lowest BCUT2D eigenvalue weighted by Crippen LogP contribution is -2.05. The third-order valence-corrected chi connectivity index (χ3v) is 4.82. The van der Waals surface area contributed by atoms with Gasteiger partial charge in [0.2, 0.25) is 0 Å². The van der Waals surface area contributed by atoms with Crippen LogP contribution in [0.1, 0.15) is 77.0 Å². The Balaban J connectivity index is 1.88. The zero-order valence-corrected chi connectivity index (χ0v) is 15.5. The minimum atomic E-state index is 0.800. The van der Waals surface area contributed by atoms with E-state index in [9.17, 15) is 0 Å². The van der Waals surface area contributed by atoms with Crippen LogP contribution in [-0.2, 0) is 13.0 Å². The molecule has 3 nitrogen and oxygen atoms in total. The fourth-order valence-electron chi connectivity index (χ4n) is 3.40. The predicted octanol–water partition coefficient (Wildman–Crippen LogP) is 5.46. The molecule has 2 rings (SSSR count). The molecule has 0 amide bonds. The summed E-state index contributed by atoms with van der Waals surface area (Å²) in [6.45, 7) is 4.19. The van der Waals surface area contributed by atoms with Crippen LogP contribution in [0.25, 0.3) is 11.0 Å². The number of hydrogen-bond donors (Lipinski definition) is 1. The van der Waals surface area contributed by atoms with Crippen molar-refractivity contribution in [3.8, 4) is 0 Å². The van der Waals surface area contributed by atoms with E-state index in [1.807, 2.05) is 0 Å². The highest BCUT2D eigenvalue weighted by molar-refractivity contribution is 5.75. The number of nitrogens with zero attached hydrogens (tertiary/aromatic N) is 2. The summed E-state index contributed by atoms with van der Waals surface area (Å²) < 4.78 is 2.46. The van der Waals surface area contributed by atoms with E-state index in [1.165, 1.54) is 69.1 Å². The van der Waals surface area contributed by atoms with E-state index in [0.29, 0.717) is 0 Å². The minimum absolute atomic E-state index is 0.800. The summed E-state index contributed by atoms with van der Waals surface area (Å²) >= 11 is 0. The van der Waals surface area contributed by atoms with Crippen LogP contribution in [0.15, 0.2) is 24.3 Å². The summed E-state index contributed by atoms with van der Waals surface area (Å²) in [5.41, 5.74) is 8.05. The van der Waals surface area contributed by atoms with Crippen LogP contribution >= 0.6 is 0 Å². The standard InChI is InChI=1S/C21H35N3/c1-2-3-4-5-6-7-13-18-24-20-15-11-10-14-19(20)23-21(24)16-9-8-12-17-22/h10-11,14-15H,2-9,12-13,16-18,22H2,1H3. The first-order chi connectivity index (χ1) is 11.9. The molecule has 24 heavy (non-hydrogen) atoms. The summed E-state index contributed by atoms with van der Waals surface area (Å²) in [6, 6.07) is 8.57. The molecular formula is C21H35N3. The number of nitrogens with two attached hydrogens (primary N) is 1.